The Morgan fingerprint density at radius 1 is 0.800 bits per heavy atom. The first-order chi connectivity index (χ1) is 12.0. The standard InChI is InChI=1S/C17H11F3N4O/c18-11-6-4-10(5-7-11)17(25)22-15-9-8-14(23-24-15)21-16-12(19)2-1-3-13(16)20/h1-9H,(H,21,23)(H,22,24,25). The number of rotatable bonds is 4. The Morgan fingerprint density at radius 2 is 1.40 bits per heavy atom. The number of hydrogen-bond donors (Lipinski definition) is 2. The second-order valence-electron chi connectivity index (χ2n) is 4.99. The normalized spacial score (nSPS) is 10.4. The van der Waals surface area contributed by atoms with Crippen molar-refractivity contribution in [3.63, 3.8) is 0 Å². The smallest absolute Gasteiger partial charge is 0.256 e. The fourth-order valence-corrected chi connectivity index (χ4v) is 2.00. The van der Waals surface area contributed by atoms with E-state index >= 15 is 0 Å². The molecular weight excluding hydrogens is 333 g/mol. The van der Waals surface area contributed by atoms with E-state index in [1.54, 1.807) is 0 Å². The van der Waals surface area contributed by atoms with Crippen LogP contribution in [-0.4, -0.2) is 16.1 Å². The van der Waals surface area contributed by atoms with Crippen molar-refractivity contribution in [2.45, 2.75) is 0 Å². The molecule has 0 aliphatic carbocycles. The van der Waals surface area contributed by atoms with Crippen LogP contribution in [0.25, 0.3) is 0 Å². The molecule has 0 spiro atoms. The number of carbonyl (C=O) groups excluding carboxylic acids is 1. The molecule has 0 saturated heterocycles. The highest BCUT2D eigenvalue weighted by molar-refractivity contribution is 6.03. The monoisotopic (exact) mass is 344 g/mol. The van der Waals surface area contributed by atoms with E-state index in [2.05, 4.69) is 20.8 Å². The van der Waals surface area contributed by atoms with Crippen LogP contribution >= 0.6 is 0 Å². The molecule has 0 bridgehead atoms. The molecule has 0 saturated carbocycles. The summed E-state index contributed by atoms with van der Waals surface area (Å²) in [6.07, 6.45) is 0. The Kier molecular flexibility index (Phi) is 4.60. The second-order valence-corrected chi connectivity index (χ2v) is 4.99. The minimum atomic E-state index is -0.768. The quantitative estimate of drug-likeness (QED) is 0.753. The van der Waals surface area contributed by atoms with Gasteiger partial charge in [0.15, 0.2) is 11.6 Å². The lowest BCUT2D eigenvalue weighted by Gasteiger charge is -2.08. The van der Waals surface area contributed by atoms with Crippen molar-refractivity contribution >= 4 is 23.2 Å². The summed E-state index contributed by atoms with van der Waals surface area (Å²) in [4.78, 5) is 12.0. The molecule has 25 heavy (non-hydrogen) atoms. The summed E-state index contributed by atoms with van der Waals surface area (Å²) >= 11 is 0. The maximum Gasteiger partial charge on any atom is 0.256 e. The van der Waals surface area contributed by atoms with E-state index < -0.39 is 23.4 Å². The van der Waals surface area contributed by atoms with E-state index in [9.17, 15) is 18.0 Å². The van der Waals surface area contributed by atoms with E-state index in [1.807, 2.05) is 0 Å². The third-order valence-electron chi connectivity index (χ3n) is 3.23. The first kappa shape index (κ1) is 16.4. The molecule has 126 valence electrons. The van der Waals surface area contributed by atoms with Crippen LogP contribution in [-0.2, 0) is 0 Å². The molecule has 3 aromatic rings. The first-order valence-corrected chi connectivity index (χ1v) is 7.14. The first-order valence-electron chi connectivity index (χ1n) is 7.14. The zero-order valence-corrected chi connectivity index (χ0v) is 12.6. The Labute approximate surface area is 140 Å². The highest BCUT2D eigenvalue weighted by Gasteiger charge is 2.10. The summed E-state index contributed by atoms with van der Waals surface area (Å²) in [5.74, 6) is -2.24. The zero-order chi connectivity index (χ0) is 17.8. The van der Waals surface area contributed by atoms with E-state index in [0.29, 0.717) is 0 Å². The molecule has 5 nitrogen and oxygen atoms in total. The predicted molar refractivity (Wildman–Crippen MR) is 86.0 cm³/mol. The number of anilines is 3. The lowest BCUT2D eigenvalue weighted by Crippen LogP contribution is -2.13. The molecule has 3 rings (SSSR count). The molecule has 0 atom stereocenters. The SMILES string of the molecule is O=C(Nc1ccc(Nc2c(F)cccc2F)nn1)c1ccc(F)cc1. The van der Waals surface area contributed by atoms with E-state index in [0.717, 1.165) is 24.3 Å². The van der Waals surface area contributed by atoms with Crippen LogP contribution in [0.15, 0.2) is 54.6 Å². The number of amides is 1. The molecule has 2 N–H and O–H groups in total. The number of nitrogens with one attached hydrogen (secondary N) is 2. The number of aromatic nitrogens is 2. The predicted octanol–water partition coefficient (Wildman–Crippen LogP) is 3.89. The van der Waals surface area contributed by atoms with Crippen molar-refractivity contribution in [3.8, 4) is 0 Å². The van der Waals surface area contributed by atoms with Crippen LogP contribution in [0.2, 0.25) is 0 Å². The number of benzene rings is 2. The molecule has 0 aliphatic rings. The number of halogens is 3. The van der Waals surface area contributed by atoms with Crippen molar-refractivity contribution in [3.05, 3.63) is 77.6 Å². The second kappa shape index (κ2) is 7.00. The summed E-state index contributed by atoms with van der Waals surface area (Å²) in [6, 6.07) is 11.3. The summed E-state index contributed by atoms with van der Waals surface area (Å²) < 4.78 is 40.0. The third-order valence-corrected chi connectivity index (χ3v) is 3.23. The Hall–Kier alpha value is -3.42. The van der Waals surface area contributed by atoms with Crippen molar-refractivity contribution in [2.75, 3.05) is 10.6 Å². The molecule has 1 heterocycles. The highest BCUT2D eigenvalue weighted by Crippen LogP contribution is 2.22. The Balaban J connectivity index is 1.70. The lowest BCUT2D eigenvalue weighted by molar-refractivity contribution is 0.102. The minimum Gasteiger partial charge on any atom is -0.334 e. The molecular formula is C17H11F3N4O. The van der Waals surface area contributed by atoms with E-state index in [1.165, 1.54) is 30.3 Å². The summed E-state index contributed by atoms with van der Waals surface area (Å²) in [5.41, 5.74) is -0.0984. The van der Waals surface area contributed by atoms with Crippen molar-refractivity contribution in [2.24, 2.45) is 0 Å². The van der Waals surface area contributed by atoms with Crippen LogP contribution < -0.4 is 10.6 Å². The molecule has 0 aliphatic heterocycles. The van der Waals surface area contributed by atoms with Gasteiger partial charge in [0.25, 0.3) is 5.91 Å². The average molecular weight is 344 g/mol. The van der Waals surface area contributed by atoms with Crippen LogP contribution in [0.4, 0.5) is 30.5 Å². The van der Waals surface area contributed by atoms with Gasteiger partial charge < -0.3 is 10.6 Å². The molecule has 0 unspecified atom stereocenters. The van der Waals surface area contributed by atoms with Gasteiger partial charge in [-0.05, 0) is 48.5 Å². The number of nitrogens with zero attached hydrogens (tertiary/aromatic N) is 2. The van der Waals surface area contributed by atoms with E-state index in [4.69, 9.17) is 0 Å². The lowest BCUT2D eigenvalue weighted by atomic mass is 10.2. The molecule has 0 fully saturated rings. The van der Waals surface area contributed by atoms with Gasteiger partial charge in [-0.25, -0.2) is 13.2 Å². The van der Waals surface area contributed by atoms with Crippen molar-refractivity contribution in [1.82, 2.24) is 10.2 Å². The summed E-state index contributed by atoms with van der Waals surface area (Å²) in [5, 5.41) is 12.5. The molecule has 1 aromatic heterocycles. The van der Waals surface area contributed by atoms with Crippen LogP contribution in [0.3, 0.4) is 0 Å². The van der Waals surface area contributed by atoms with Gasteiger partial charge in [-0.3, -0.25) is 4.79 Å². The summed E-state index contributed by atoms with van der Waals surface area (Å²) in [7, 11) is 0. The van der Waals surface area contributed by atoms with Crippen molar-refractivity contribution in [1.29, 1.82) is 0 Å². The molecule has 2 aromatic carbocycles. The molecule has 1 amide bonds. The number of para-hydroxylation sites is 1. The van der Waals surface area contributed by atoms with Gasteiger partial charge in [-0.2, -0.15) is 0 Å². The van der Waals surface area contributed by atoms with E-state index in [-0.39, 0.29) is 22.9 Å². The molecule has 0 radical (unpaired) electrons. The highest BCUT2D eigenvalue weighted by atomic mass is 19.1. The van der Waals surface area contributed by atoms with Crippen LogP contribution in [0.1, 0.15) is 10.4 Å². The van der Waals surface area contributed by atoms with Crippen molar-refractivity contribution < 1.29 is 18.0 Å². The Bertz CT molecular complexity index is 879. The summed E-state index contributed by atoms with van der Waals surface area (Å²) in [6.45, 7) is 0. The maximum absolute atomic E-state index is 13.6. The maximum atomic E-state index is 13.6. The topological polar surface area (TPSA) is 66.9 Å². The van der Waals surface area contributed by atoms with Crippen LogP contribution in [0, 0.1) is 17.5 Å². The van der Waals surface area contributed by atoms with Crippen LogP contribution in [0.5, 0.6) is 0 Å². The fraction of sp³-hybridized carbons (Fsp3) is 0. The molecule has 8 heteroatoms. The third kappa shape index (κ3) is 3.92. The van der Waals surface area contributed by atoms with Gasteiger partial charge in [-0.15, -0.1) is 10.2 Å². The van der Waals surface area contributed by atoms with Gasteiger partial charge in [0.1, 0.15) is 23.1 Å². The fourth-order valence-electron chi connectivity index (χ4n) is 2.00. The van der Waals surface area contributed by atoms with Gasteiger partial charge in [-0.1, -0.05) is 6.07 Å². The minimum absolute atomic E-state index is 0.101. The zero-order valence-electron chi connectivity index (χ0n) is 12.6. The van der Waals surface area contributed by atoms with Gasteiger partial charge >= 0.3 is 0 Å². The number of hydrogen-bond acceptors (Lipinski definition) is 4. The Morgan fingerprint density at radius 3 is 2.00 bits per heavy atom. The van der Waals surface area contributed by atoms with Gasteiger partial charge in [0.2, 0.25) is 0 Å². The average Bonchev–Trinajstić information content (AvgIpc) is 2.60. The largest absolute Gasteiger partial charge is 0.334 e. The number of carbonyl (C=O) groups is 1. The van der Waals surface area contributed by atoms with Gasteiger partial charge in [0, 0.05) is 5.56 Å². The van der Waals surface area contributed by atoms with Gasteiger partial charge in [0.05, 0.1) is 0 Å².